The molecule has 0 saturated carbocycles. The molecule has 5 heteroatoms. The van der Waals surface area contributed by atoms with Crippen molar-refractivity contribution in [3.8, 4) is 0 Å². The quantitative estimate of drug-likeness (QED) is 0.724. The van der Waals surface area contributed by atoms with Gasteiger partial charge in [0.05, 0.1) is 16.9 Å². The molecule has 0 saturated heterocycles. The maximum Gasteiger partial charge on any atom is 0.337 e. The van der Waals surface area contributed by atoms with E-state index < -0.39 is 5.97 Å². The Hall–Kier alpha value is -2.01. The number of carbonyl (C=O) groups is 1. The van der Waals surface area contributed by atoms with Crippen LogP contribution in [0.3, 0.4) is 0 Å². The summed E-state index contributed by atoms with van der Waals surface area (Å²) in [5, 5.41) is 14.2. The first-order valence-electron chi connectivity index (χ1n) is 5.56. The number of aromatic carboxylic acids is 1. The topological polar surface area (TPSA) is 75.4 Å². The minimum absolute atomic E-state index is 0.209. The molecule has 0 bridgehead atoms. The van der Waals surface area contributed by atoms with Crippen LogP contribution in [0.4, 0.5) is 11.4 Å². The van der Waals surface area contributed by atoms with Gasteiger partial charge in [0.15, 0.2) is 0 Å². The van der Waals surface area contributed by atoms with Crippen LogP contribution in [0.2, 0.25) is 0 Å². The number of hydrogen-bond acceptors (Lipinski definition) is 4. The van der Waals surface area contributed by atoms with Gasteiger partial charge in [-0.1, -0.05) is 12.1 Å². The molecule has 0 aliphatic rings. The summed E-state index contributed by atoms with van der Waals surface area (Å²) in [5.74, 6) is -0.971. The summed E-state index contributed by atoms with van der Waals surface area (Å²) in [6.07, 6.45) is 0.852. The molecule has 1 heterocycles. The van der Waals surface area contributed by atoms with Crippen molar-refractivity contribution in [1.82, 2.24) is 0 Å². The van der Waals surface area contributed by atoms with Gasteiger partial charge in [0.25, 0.3) is 0 Å². The number of para-hydroxylation sites is 1. The Morgan fingerprint density at radius 3 is 2.83 bits per heavy atom. The number of benzene rings is 1. The van der Waals surface area contributed by atoms with Crippen LogP contribution < -0.4 is 11.1 Å². The highest BCUT2D eigenvalue weighted by Crippen LogP contribution is 2.23. The van der Waals surface area contributed by atoms with Gasteiger partial charge in [-0.05, 0) is 30.0 Å². The summed E-state index contributed by atoms with van der Waals surface area (Å²) < 4.78 is 0. The van der Waals surface area contributed by atoms with Gasteiger partial charge in [0.1, 0.15) is 0 Å². The van der Waals surface area contributed by atoms with E-state index in [1.807, 2.05) is 11.4 Å². The van der Waals surface area contributed by atoms with Gasteiger partial charge in [-0.25, -0.2) is 4.79 Å². The summed E-state index contributed by atoms with van der Waals surface area (Å²) in [6.45, 7) is 0.662. The number of thiophene rings is 1. The molecule has 1 aromatic heterocycles. The third kappa shape index (κ3) is 2.81. The standard InChI is InChI=1S/C13H14N2O2S/c14-11-5-1-4-10(13(16)17)12(11)15-7-6-9-3-2-8-18-9/h1-5,8,15H,6-7,14H2,(H,16,17). The van der Waals surface area contributed by atoms with Crippen molar-refractivity contribution in [1.29, 1.82) is 0 Å². The third-order valence-electron chi connectivity index (χ3n) is 2.58. The molecule has 4 N–H and O–H groups in total. The fraction of sp³-hybridized carbons (Fsp3) is 0.154. The minimum atomic E-state index is -0.971. The number of rotatable bonds is 5. The van der Waals surface area contributed by atoms with Crippen molar-refractivity contribution in [2.45, 2.75) is 6.42 Å². The number of nitrogens with two attached hydrogens (primary N) is 1. The highest BCUT2D eigenvalue weighted by molar-refractivity contribution is 7.09. The molecule has 0 radical (unpaired) electrons. The number of anilines is 2. The summed E-state index contributed by atoms with van der Waals surface area (Å²) in [7, 11) is 0. The number of nitrogen functional groups attached to an aromatic ring is 1. The molecule has 0 fully saturated rings. The lowest BCUT2D eigenvalue weighted by atomic mass is 10.1. The van der Waals surface area contributed by atoms with Gasteiger partial charge in [-0.15, -0.1) is 11.3 Å². The molecular weight excluding hydrogens is 248 g/mol. The molecule has 0 aliphatic heterocycles. The van der Waals surface area contributed by atoms with Gasteiger partial charge in [0, 0.05) is 11.4 Å². The Bertz CT molecular complexity index is 538. The first kappa shape index (κ1) is 12.4. The van der Waals surface area contributed by atoms with Crippen LogP contribution in [0.1, 0.15) is 15.2 Å². The Morgan fingerprint density at radius 1 is 1.33 bits per heavy atom. The molecular formula is C13H14N2O2S. The van der Waals surface area contributed by atoms with E-state index in [1.165, 1.54) is 4.88 Å². The molecule has 0 atom stereocenters. The van der Waals surface area contributed by atoms with Gasteiger partial charge in [-0.3, -0.25) is 0 Å². The summed E-state index contributed by atoms with van der Waals surface area (Å²) in [5.41, 5.74) is 6.97. The van der Waals surface area contributed by atoms with Crippen molar-refractivity contribution in [2.75, 3.05) is 17.6 Å². The van der Waals surface area contributed by atoms with Gasteiger partial charge < -0.3 is 16.2 Å². The number of hydrogen-bond donors (Lipinski definition) is 3. The van der Waals surface area contributed by atoms with Crippen molar-refractivity contribution in [3.05, 3.63) is 46.2 Å². The van der Waals surface area contributed by atoms with Crippen LogP contribution in [-0.4, -0.2) is 17.6 Å². The molecule has 0 aliphatic carbocycles. The molecule has 0 unspecified atom stereocenters. The van der Waals surface area contributed by atoms with E-state index in [1.54, 1.807) is 29.5 Å². The zero-order chi connectivity index (χ0) is 13.0. The molecule has 4 nitrogen and oxygen atoms in total. The lowest BCUT2D eigenvalue weighted by Crippen LogP contribution is -2.11. The highest BCUT2D eigenvalue weighted by atomic mass is 32.1. The average Bonchev–Trinajstić information content (AvgIpc) is 2.84. The predicted octanol–water partition coefficient (Wildman–Crippen LogP) is 2.68. The lowest BCUT2D eigenvalue weighted by Gasteiger charge is -2.11. The van der Waals surface area contributed by atoms with Crippen LogP contribution in [0.25, 0.3) is 0 Å². The highest BCUT2D eigenvalue weighted by Gasteiger charge is 2.11. The fourth-order valence-corrected chi connectivity index (χ4v) is 2.42. The first-order chi connectivity index (χ1) is 8.68. The van der Waals surface area contributed by atoms with Gasteiger partial charge in [-0.2, -0.15) is 0 Å². The summed E-state index contributed by atoms with van der Waals surface area (Å²) in [6, 6.07) is 8.94. The SMILES string of the molecule is Nc1cccc(C(=O)O)c1NCCc1cccs1. The lowest BCUT2D eigenvalue weighted by molar-refractivity contribution is 0.0698. The molecule has 2 aromatic rings. The van der Waals surface area contributed by atoms with Crippen LogP contribution >= 0.6 is 11.3 Å². The van der Waals surface area contributed by atoms with E-state index in [0.29, 0.717) is 17.9 Å². The van der Waals surface area contributed by atoms with Crippen LogP contribution in [0, 0.1) is 0 Å². The molecule has 0 spiro atoms. The monoisotopic (exact) mass is 262 g/mol. The van der Waals surface area contributed by atoms with Crippen LogP contribution in [-0.2, 0) is 6.42 Å². The second kappa shape index (κ2) is 5.55. The van der Waals surface area contributed by atoms with E-state index in [2.05, 4.69) is 11.4 Å². The van der Waals surface area contributed by atoms with E-state index >= 15 is 0 Å². The molecule has 94 valence electrons. The van der Waals surface area contributed by atoms with E-state index in [-0.39, 0.29) is 5.56 Å². The first-order valence-corrected chi connectivity index (χ1v) is 6.44. The normalized spacial score (nSPS) is 10.2. The van der Waals surface area contributed by atoms with Crippen molar-refractivity contribution >= 4 is 28.7 Å². The molecule has 1 aromatic carbocycles. The second-order valence-corrected chi connectivity index (χ2v) is 4.86. The maximum atomic E-state index is 11.1. The largest absolute Gasteiger partial charge is 0.478 e. The zero-order valence-electron chi connectivity index (χ0n) is 9.72. The zero-order valence-corrected chi connectivity index (χ0v) is 10.5. The van der Waals surface area contributed by atoms with Crippen LogP contribution in [0.15, 0.2) is 35.7 Å². The fourth-order valence-electron chi connectivity index (χ4n) is 1.71. The van der Waals surface area contributed by atoms with Crippen LogP contribution in [0.5, 0.6) is 0 Å². The number of carboxylic acids is 1. The number of carboxylic acid groups (broad SMARTS) is 1. The summed E-state index contributed by atoms with van der Waals surface area (Å²) in [4.78, 5) is 12.3. The molecule has 0 amide bonds. The van der Waals surface area contributed by atoms with E-state index in [0.717, 1.165) is 6.42 Å². The Balaban J connectivity index is 2.06. The molecule has 18 heavy (non-hydrogen) atoms. The predicted molar refractivity (Wildman–Crippen MR) is 74.3 cm³/mol. The Kier molecular flexibility index (Phi) is 3.84. The van der Waals surface area contributed by atoms with Gasteiger partial charge >= 0.3 is 5.97 Å². The third-order valence-corrected chi connectivity index (χ3v) is 3.52. The average molecular weight is 262 g/mol. The van der Waals surface area contributed by atoms with E-state index in [9.17, 15) is 4.79 Å². The van der Waals surface area contributed by atoms with Gasteiger partial charge in [0.2, 0.25) is 0 Å². The van der Waals surface area contributed by atoms with Crippen molar-refractivity contribution in [2.24, 2.45) is 0 Å². The smallest absolute Gasteiger partial charge is 0.337 e. The van der Waals surface area contributed by atoms with E-state index in [4.69, 9.17) is 10.8 Å². The Labute approximate surface area is 109 Å². The summed E-state index contributed by atoms with van der Waals surface area (Å²) >= 11 is 1.69. The Morgan fingerprint density at radius 2 is 2.17 bits per heavy atom. The van der Waals surface area contributed by atoms with Crippen molar-refractivity contribution in [3.63, 3.8) is 0 Å². The second-order valence-electron chi connectivity index (χ2n) is 3.83. The maximum absolute atomic E-state index is 11.1. The van der Waals surface area contributed by atoms with Crippen molar-refractivity contribution < 1.29 is 9.90 Å². The minimum Gasteiger partial charge on any atom is -0.478 e. The molecule has 2 rings (SSSR count). The number of nitrogens with one attached hydrogen (secondary N) is 1.